The van der Waals surface area contributed by atoms with Gasteiger partial charge in [0, 0.05) is 5.69 Å². The molecule has 0 radical (unpaired) electrons. The number of nitrogens with two attached hydrogens (primary N) is 1. The summed E-state index contributed by atoms with van der Waals surface area (Å²) in [6.45, 7) is 9.33. The van der Waals surface area contributed by atoms with Crippen molar-refractivity contribution in [1.82, 2.24) is 5.32 Å². The smallest absolute Gasteiger partial charge is 0.444 e. The molecule has 0 aliphatic rings. The van der Waals surface area contributed by atoms with Crippen LogP contribution < -0.4 is 21.1 Å². The van der Waals surface area contributed by atoms with E-state index in [1.165, 1.54) is 12.1 Å². The number of rotatable bonds is 6. The lowest BCUT2D eigenvalue weighted by molar-refractivity contribution is -0.274. The highest BCUT2D eigenvalue weighted by Gasteiger charge is 2.31. The van der Waals surface area contributed by atoms with Gasteiger partial charge in [0.25, 0.3) is 0 Å². The van der Waals surface area contributed by atoms with Crippen LogP contribution in [0.4, 0.5) is 23.7 Å². The molecule has 0 saturated heterocycles. The van der Waals surface area contributed by atoms with Gasteiger partial charge in [-0.2, -0.15) is 0 Å². The molecular formula is C18H27F3N4O3. The zero-order valence-electron chi connectivity index (χ0n) is 16.6. The number of hydrogen-bond donors (Lipinski definition) is 3. The molecule has 1 atom stereocenters. The first-order chi connectivity index (χ1) is 12.7. The van der Waals surface area contributed by atoms with Gasteiger partial charge in [-0.1, -0.05) is 13.8 Å². The monoisotopic (exact) mass is 404 g/mol. The van der Waals surface area contributed by atoms with Crippen molar-refractivity contribution >= 4 is 17.7 Å². The third-order valence-electron chi connectivity index (χ3n) is 3.33. The molecule has 0 saturated carbocycles. The van der Waals surface area contributed by atoms with Gasteiger partial charge < -0.3 is 25.8 Å². The fraction of sp³-hybridized carbons (Fsp3) is 0.556. The minimum atomic E-state index is -4.75. The number of hydrogen-bond acceptors (Lipinski definition) is 4. The molecular weight excluding hydrogens is 377 g/mol. The third kappa shape index (κ3) is 9.89. The Morgan fingerprint density at radius 2 is 1.75 bits per heavy atom. The molecule has 158 valence electrons. The number of aliphatic imine (C=N–C) groups is 1. The normalized spacial score (nSPS) is 13.8. The zero-order valence-corrected chi connectivity index (χ0v) is 16.6. The molecule has 10 heteroatoms. The van der Waals surface area contributed by atoms with E-state index in [9.17, 15) is 18.0 Å². The quantitative estimate of drug-likeness (QED) is 0.494. The van der Waals surface area contributed by atoms with E-state index < -0.39 is 18.1 Å². The van der Waals surface area contributed by atoms with Crippen molar-refractivity contribution in [3.8, 4) is 5.75 Å². The number of ether oxygens (including phenoxy) is 2. The molecule has 1 aromatic carbocycles. The third-order valence-corrected chi connectivity index (χ3v) is 3.33. The Bertz CT molecular complexity index is 668. The molecule has 0 fully saturated rings. The highest BCUT2D eigenvalue weighted by molar-refractivity contribution is 5.92. The van der Waals surface area contributed by atoms with E-state index in [1.807, 2.05) is 13.8 Å². The second-order valence-electron chi connectivity index (χ2n) is 7.42. The maximum Gasteiger partial charge on any atom is 0.573 e. The number of anilines is 1. The van der Waals surface area contributed by atoms with Crippen LogP contribution in [0.15, 0.2) is 29.3 Å². The van der Waals surface area contributed by atoms with Crippen LogP contribution in [0.25, 0.3) is 0 Å². The van der Waals surface area contributed by atoms with Crippen LogP contribution in [-0.4, -0.2) is 36.6 Å². The van der Waals surface area contributed by atoms with Crippen molar-refractivity contribution in [1.29, 1.82) is 0 Å². The molecule has 7 nitrogen and oxygen atoms in total. The Balaban J connectivity index is 2.64. The molecule has 28 heavy (non-hydrogen) atoms. The van der Waals surface area contributed by atoms with Crippen molar-refractivity contribution in [2.45, 2.75) is 52.6 Å². The predicted octanol–water partition coefficient (Wildman–Crippen LogP) is 3.86. The van der Waals surface area contributed by atoms with Crippen LogP contribution in [0, 0.1) is 5.92 Å². The Kier molecular flexibility index (Phi) is 7.95. The maximum absolute atomic E-state index is 12.2. The lowest BCUT2D eigenvalue weighted by Gasteiger charge is -2.25. The van der Waals surface area contributed by atoms with Crippen LogP contribution >= 0.6 is 0 Å². The highest BCUT2D eigenvalue weighted by atomic mass is 19.4. The number of benzene rings is 1. The number of alkyl halides is 3. The van der Waals surface area contributed by atoms with E-state index >= 15 is 0 Å². The van der Waals surface area contributed by atoms with Crippen LogP contribution in [0.1, 0.15) is 34.6 Å². The topological polar surface area (TPSA) is 98.0 Å². The molecule has 0 aromatic heterocycles. The first-order valence-corrected chi connectivity index (χ1v) is 8.67. The number of alkyl carbamates (subject to hydrolysis) is 1. The standard InChI is InChI=1S/C18H27F3N4O3/c1-11(2)14(25-16(26)28-17(3,4)5)10-23-15(22)24-12-6-8-13(9-7-12)27-18(19,20)21/h6-9,11,14H,10H2,1-5H3,(H,25,26)(H3,22,23,24). The van der Waals surface area contributed by atoms with Gasteiger partial charge >= 0.3 is 12.5 Å². The van der Waals surface area contributed by atoms with Crippen molar-refractivity contribution in [2.75, 3.05) is 11.9 Å². The number of amides is 1. The molecule has 0 aliphatic heterocycles. The number of guanidine groups is 1. The molecule has 0 heterocycles. The summed E-state index contributed by atoms with van der Waals surface area (Å²) in [5.41, 5.74) is 5.64. The minimum absolute atomic E-state index is 0.0566. The fourth-order valence-corrected chi connectivity index (χ4v) is 2.01. The van der Waals surface area contributed by atoms with Crippen molar-refractivity contribution < 1.29 is 27.4 Å². The second-order valence-corrected chi connectivity index (χ2v) is 7.42. The Labute approximate surface area is 162 Å². The predicted molar refractivity (Wildman–Crippen MR) is 101 cm³/mol. The summed E-state index contributed by atoms with van der Waals surface area (Å²) in [5, 5.41) is 5.51. The summed E-state index contributed by atoms with van der Waals surface area (Å²) in [7, 11) is 0. The lowest BCUT2D eigenvalue weighted by atomic mass is 10.1. The number of halogens is 3. The van der Waals surface area contributed by atoms with Crippen LogP contribution in [0.2, 0.25) is 0 Å². The van der Waals surface area contributed by atoms with E-state index in [0.717, 1.165) is 12.1 Å². The van der Waals surface area contributed by atoms with Gasteiger partial charge in [0.1, 0.15) is 11.4 Å². The Hall–Kier alpha value is -2.65. The van der Waals surface area contributed by atoms with Crippen LogP contribution in [0.3, 0.4) is 0 Å². The lowest BCUT2D eigenvalue weighted by Crippen LogP contribution is -2.44. The number of nitrogens with one attached hydrogen (secondary N) is 2. The second kappa shape index (κ2) is 9.52. The van der Waals surface area contributed by atoms with E-state index in [4.69, 9.17) is 10.5 Å². The highest BCUT2D eigenvalue weighted by Crippen LogP contribution is 2.23. The Morgan fingerprint density at radius 3 is 2.21 bits per heavy atom. The summed E-state index contributed by atoms with van der Waals surface area (Å²) >= 11 is 0. The molecule has 1 aromatic rings. The van der Waals surface area contributed by atoms with E-state index in [-0.39, 0.29) is 30.2 Å². The molecule has 1 amide bonds. The van der Waals surface area contributed by atoms with Crippen molar-refractivity contribution in [3.63, 3.8) is 0 Å². The minimum Gasteiger partial charge on any atom is -0.444 e. The first-order valence-electron chi connectivity index (χ1n) is 8.67. The summed E-state index contributed by atoms with van der Waals surface area (Å²) in [6.07, 6.45) is -5.30. The number of carbonyl (C=O) groups is 1. The summed E-state index contributed by atoms with van der Waals surface area (Å²) in [4.78, 5) is 16.1. The van der Waals surface area contributed by atoms with E-state index in [1.54, 1.807) is 20.8 Å². The fourth-order valence-electron chi connectivity index (χ4n) is 2.01. The summed E-state index contributed by atoms with van der Waals surface area (Å²) < 4.78 is 45.5. The summed E-state index contributed by atoms with van der Waals surface area (Å²) in [6, 6.07) is 4.76. The van der Waals surface area contributed by atoms with Gasteiger partial charge in [-0.15, -0.1) is 13.2 Å². The number of carbonyl (C=O) groups excluding carboxylic acids is 1. The molecule has 4 N–H and O–H groups in total. The largest absolute Gasteiger partial charge is 0.573 e. The molecule has 0 bridgehead atoms. The zero-order chi connectivity index (χ0) is 21.5. The van der Waals surface area contributed by atoms with Gasteiger partial charge in [0.2, 0.25) is 0 Å². The van der Waals surface area contributed by atoms with Crippen LogP contribution in [0.5, 0.6) is 5.75 Å². The molecule has 1 rings (SSSR count). The average Bonchev–Trinajstić information content (AvgIpc) is 2.50. The van der Waals surface area contributed by atoms with Crippen molar-refractivity contribution in [3.05, 3.63) is 24.3 Å². The van der Waals surface area contributed by atoms with E-state index in [0.29, 0.717) is 5.69 Å². The molecule has 0 aliphatic carbocycles. The molecule has 0 spiro atoms. The SMILES string of the molecule is CC(C)C(CN=C(N)Nc1ccc(OC(F)(F)F)cc1)NC(=O)OC(C)(C)C. The van der Waals surface area contributed by atoms with Gasteiger partial charge in [0.05, 0.1) is 12.6 Å². The van der Waals surface area contributed by atoms with E-state index in [2.05, 4.69) is 20.4 Å². The van der Waals surface area contributed by atoms with Gasteiger partial charge in [-0.05, 0) is 51.0 Å². The van der Waals surface area contributed by atoms with Gasteiger partial charge in [-0.3, -0.25) is 4.99 Å². The summed E-state index contributed by atoms with van der Waals surface area (Å²) in [5.74, 6) is -0.209. The van der Waals surface area contributed by atoms with Gasteiger partial charge in [-0.25, -0.2) is 4.79 Å². The number of nitrogens with zero attached hydrogens (tertiary/aromatic N) is 1. The maximum atomic E-state index is 12.2. The Morgan fingerprint density at radius 1 is 1.18 bits per heavy atom. The van der Waals surface area contributed by atoms with Gasteiger partial charge in [0.15, 0.2) is 5.96 Å². The first kappa shape index (κ1) is 23.4. The average molecular weight is 404 g/mol. The molecule has 1 unspecified atom stereocenters. The van der Waals surface area contributed by atoms with Crippen LogP contribution in [-0.2, 0) is 4.74 Å². The van der Waals surface area contributed by atoms with Crippen molar-refractivity contribution in [2.24, 2.45) is 16.6 Å².